The Bertz CT molecular complexity index is 651. The second-order valence-corrected chi connectivity index (χ2v) is 9.37. The molecule has 0 spiro atoms. The third kappa shape index (κ3) is 2.04. The van der Waals surface area contributed by atoms with E-state index in [1.165, 1.54) is 0 Å². The normalized spacial score (nSPS) is 57.7. The smallest absolute Gasteiger partial charge is 0.130 e. The molecule has 0 amide bonds. The van der Waals surface area contributed by atoms with Gasteiger partial charge in [-0.1, -0.05) is 25.8 Å². The van der Waals surface area contributed by atoms with Gasteiger partial charge in [-0.3, -0.25) is 0 Å². The summed E-state index contributed by atoms with van der Waals surface area (Å²) >= 11 is 0. The minimum atomic E-state index is -1.09. The van der Waals surface area contributed by atoms with Gasteiger partial charge >= 0.3 is 0 Å². The Hall–Kier alpha value is -0.860. The van der Waals surface area contributed by atoms with Crippen LogP contribution in [0, 0.1) is 40.9 Å². The van der Waals surface area contributed by atoms with Crippen molar-refractivity contribution in [2.24, 2.45) is 28.6 Å². The van der Waals surface area contributed by atoms with Crippen molar-refractivity contribution in [3.8, 4) is 12.3 Å². The van der Waals surface area contributed by atoms with Crippen molar-refractivity contribution in [3.05, 3.63) is 11.6 Å². The summed E-state index contributed by atoms with van der Waals surface area (Å²) in [5.74, 6) is 3.14. The topological polar surface area (TPSA) is 80.9 Å². The monoisotopic (exact) mass is 346 g/mol. The Morgan fingerprint density at radius 3 is 2.40 bits per heavy atom. The molecule has 25 heavy (non-hydrogen) atoms. The molecular weight excluding hydrogens is 316 g/mol. The lowest BCUT2D eigenvalue weighted by molar-refractivity contribution is -0.131. The van der Waals surface area contributed by atoms with E-state index in [9.17, 15) is 20.4 Å². The van der Waals surface area contributed by atoms with Gasteiger partial charge in [0.05, 0.1) is 12.2 Å². The van der Waals surface area contributed by atoms with E-state index in [4.69, 9.17) is 6.42 Å². The van der Waals surface area contributed by atoms with Crippen LogP contribution in [0.15, 0.2) is 11.6 Å². The van der Waals surface area contributed by atoms with E-state index < -0.39 is 23.9 Å². The second-order valence-electron chi connectivity index (χ2n) is 9.37. The van der Waals surface area contributed by atoms with E-state index >= 15 is 0 Å². The zero-order chi connectivity index (χ0) is 18.2. The molecule has 0 radical (unpaired) electrons. The first-order valence-electron chi connectivity index (χ1n) is 9.64. The third-order valence-corrected chi connectivity index (χ3v) is 8.59. The number of terminal acetylenes is 1. The van der Waals surface area contributed by atoms with Crippen molar-refractivity contribution in [1.82, 2.24) is 0 Å². The highest BCUT2D eigenvalue weighted by Gasteiger charge is 2.65. The average Bonchev–Trinajstić information content (AvgIpc) is 2.86. The fourth-order valence-corrected chi connectivity index (χ4v) is 6.95. The van der Waals surface area contributed by atoms with Gasteiger partial charge in [0.25, 0.3) is 0 Å². The quantitative estimate of drug-likeness (QED) is 0.397. The van der Waals surface area contributed by atoms with E-state index in [1.807, 2.05) is 0 Å². The van der Waals surface area contributed by atoms with Gasteiger partial charge in [0, 0.05) is 5.41 Å². The summed E-state index contributed by atoms with van der Waals surface area (Å²) in [4.78, 5) is 0. The lowest BCUT2D eigenvalue weighted by atomic mass is 9.46. The van der Waals surface area contributed by atoms with Crippen LogP contribution >= 0.6 is 0 Å². The molecule has 4 rings (SSSR count). The molecule has 4 aliphatic carbocycles. The number of rotatable bonds is 0. The van der Waals surface area contributed by atoms with Crippen LogP contribution < -0.4 is 0 Å². The van der Waals surface area contributed by atoms with Crippen molar-refractivity contribution in [1.29, 1.82) is 0 Å². The van der Waals surface area contributed by atoms with Crippen LogP contribution in [-0.4, -0.2) is 44.3 Å². The lowest BCUT2D eigenvalue weighted by Crippen LogP contribution is -2.59. The van der Waals surface area contributed by atoms with Crippen LogP contribution in [0.4, 0.5) is 0 Å². The number of aliphatic hydroxyl groups excluding tert-OH is 3. The Morgan fingerprint density at radius 1 is 1.04 bits per heavy atom. The molecule has 0 aromatic rings. The SMILES string of the molecule is C#C[C@]1(O)CC[C@H]2[C@@H]3[C@@H](O)C=C4[C@H](O)[C@H](O)CC[C@]4(C)[C@H]3CC[C@@]21C. The van der Waals surface area contributed by atoms with Gasteiger partial charge < -0.3 is 20.4 Å². The second kappa shape index (κ2) is 5.33. The summed E-state index contributed by atoms with van der Waals surface area (Å²) in [6.45, 7) is 4.27. The van der Waals surface area contributed by atoms with Crippen molar-refractivity contribution >= 4 is 0 Å². The van der Waals surface area contributed by atoms with Gasteiger partial charge in [0.15, 0.2) is 0 Å². The van der Waals surface area contributed by atoms with E-state index in [-0.39, 0.29) is 28.6 Å². The molecule has 4 aliphatic rings. The predicted octanol–water partition coefficient (Wildman–Crippen LogP) is 1.62. The minimum absolute atomic E-state index is 0.0531. The van der Waals surface area contributed by atoms with E-state index in [0.717, 1.165) is 31.3 Å². The maximum atomic E-state index is 11.0. The van der Waals surface area contributed by atoms with Crippen molar-refractivity contribution in [2.45, 2.75) is 76.3 Å². The molecular formula is C21H30O4. The number of aliphatic hydroxyl groups is 4. The summed E-state index contributed by atoms with van der Waals surface area (Å²) in [6, 6.07) is 0. The Kier molecular flexibility index (Phi) is 3.74. The highest BCUT2D eigenvalue weighted by Crippen LogP contribution is 2.66. The first-order valence-corrected chi connectivity index (χ1v) is 9.64. The summed E-state index contributed by atoms with van der Waals surface area (Å²) in [5, 5.41) is 42.5. The van der Waals surface area contributed by atoms with Gasteiger partial charge in [-0.25, -0.2) is 0 Å². The molecule has 0 saturated heterocycles. The van der Waals surface area contributed by atoms with Crippen LogP contribution in [0.2, 0.25) is 0 Å². The molecule has 9 atom stereocenters. The third-order valence-electron chi connectivity index (χ3n) is 8.59. The molecule has 0 heterocycles. The molecule has 0 bridgehead atoms. The van der Waals surface area contributed by atoms with E-state index in [0.29, 0.717) is 12.8 Å². The zero-order valence-corrected chi connectivity index (χ0v) is 15.2. The molecule has 3 saturated carbocycles. The fourth-order valence-electron chi connectivity index (χ4n) is 6.95. The maximum Gasteiger partial charge on any atom is 0.130 e. The predicted molar refractivity (Wildman–Crippen MR) is 94.3 cm³/mol. The van der Waals surface area contributed by atoms with Gasteiger partial charge in [-0.2, -0.15) is 0 Å². The molecule has 4 nitrogen and oxygen atoms in total. The van der Waals surface area contributed by atoms with Crippen molar-refractivity contribution < 1.29 is 20.4 Å². The fraction of sp³-hybridized carbons (Fsp3) is 0.810. The van der Waals surface area contributed by atoms with Gasteiger partial charge in [-0.15, -0.1) is 6.42 Å². The van der Waals surface area contributed by atoms with Crippen LogP contribution in [0.3, 0.4) is 0 Å². The maximum absolute atomic E-state index is 11.0. The first kappa shape index (κ1) is 17.5. The summed E-state index contributed by atoms with van der Waals surface area (Å²) in [5.41, 5.74) is -0.830. The van der Waals surface area contributed by atoms with Crippen LogP contribution in [-0.2, 0) is 0 Å². The number of hydrogen-bond acceptors (Lipinski definition) is 4. The van der Waals surface area contributed by atoms with Gasteiger partial charge in [0.2, 0.25) is 0 Å². The number of fused-ring (bicyclic) bond motifs is 5. The highest BCUT2D eigenvalue weighted by atomic mass is 16.3. The standard InChI is InChI=1S/C21H30O4/c1-4-21(25)10-6-13-17-12(5-9-20(13,21)3)19(2)8-7-15(22)18(24)14(19)11-16(17)23/h1,11-13,15-18,22-25H,5-10H2,2-3H3/t12-,13-,15+,16-,17+,18-,19+,20-,21-/m0/s1. The minimum Gasteiger partial charge on any atom is -0.390 e. The zero-order valence-electron chi connectivity index (χ0n) is 15.2. The van der Waals surface area contributed by atoms with Crippen LogP contribution in [0.25, 0.3) is 0 Å². The molecule has 138 valence electrons. The van der Waals surface area contributed by atoms with Crippen molar-refractivity contribution in [2.75, 3.05) is 0 Å². The molecule has 4 heteroatoms. The van der Waals surface area contributed by atoms with Crippen molar-refractivity contribution in [3.63, 3.8) is 0 Å². The Morgan fingerprint density at radius 2 is 1.72 bits per heavy atom. The van der Waals surface area contributed by atoms with Gasteiger partial charge in [0.1, 0.15) is 11.7 Å². The summed E-state index contributed by atoms with van der Waals surface area (Å²) in [7, 11) is 0. The highest BCUT2D eigenvalue weighted by molar-refractivity contribution is 5.33. The molecule has 4 N–H and O–H groups in total. The molecule has 3 fully saturated rings. The lowest BCUT2D eigenvalue weighted by Gasteiger charge is -2.60. The number of hydrogen-bond donors (Lipinski definition) is 4. The van der Waals surface area contributed by atoms with Crippen LogP contribution in [0.5, 0.6) is 0 Å². The van der Waals surface area contributed by atoms with E-state index in [2.05, 4.69) is 19.8 Å². The van der Waals surface area contributed by atoms with Gasteiger partial charge in [-0.05, 0) is 67.3 Å². The first-order chi connectivity index (χ1) is 11.7. The largest absolute Gasteiger partial charge is 0.390 e. The molecule has 0 unspecified atom stereocenters. The summed E-state index contributed by atoms with van der Waals surface area (Å²) in [6.07, 6.45) is 9.78. The average molecular weight is 346 g/mol. The molecule has 0 aromatic carbocycles. The van der Waals surface area contributed by atoms with E-state index in [1.54, 1.807) is 6.08 Å². The Labute approximate surface area is 150 Å². The molecule has 0 aromatic heterocycles. The summed E-state index contributed by atoms with van der Waals surface area (Å²) < 4.78 is 0. The Balaban J connectivity index is 1.77. The molecule has 0 aliphatic heterocycles. The van der Waals surface area contributed by atoms with Crippen LogP contribution in [0.1, 0.15) is 52.4 Å².